The van der Waals surface area contributed by atoms with E-state index in [0.717, 1.165) is 5.56 Å². The van der Waals surface area contributed by atoms with Gasteiger partial charge >= 0.3 is 0 Å². The van der Waals surface area contributed by atoms with Crippen LogP contribution in [-0.2, 0) is 0 Å². The number of hydrogen-bond donors (Lipinski definition) is 0. The van der Waals surface area contributed by atoms with E-state index in [1.54, 1.807) is 17.5 Å². The molecule has 2 rings (SSSR count). The van der Waals surface area contributed by atoms with Crippen LogP contribution in [0.3, 0.4) is 0 Å². The zero-order chi connectivity index (χ0) is 9.26. The van der Waals surface area contributed by atoms with E-state index in [0.29, 0.717) is 5.15 Å². The van der Waals surface area contributed by atoms with Gasteiger partial charge in [0.15, 0.2) is 0 Å². The molecule has 1 nitrogen and oxygen atoms in total. The van der Waals surface area contributed by atoms with Crippen molar-refractivity contribution in [2.45, 2.75) is 6.92 Å². The number of rotatable bonds is 1. The number of nitrogens with zero attached hydrogens (tertiary/aromatic N) is 1. The van der Waals surface area contributed by atoms with Gasteiger partial charge < -0.3 is 0 Å². The Morgan fingerprint density at radius 2 is 2.08 bits per heavy atom. The molecule has 0 spiro atoms. The minimum atomic E-state index is 0.539. The average Bonchev–Trinajstić information content (AvgIpc) is 2.53. The Balaban J connectivity index is 2.41. The topological polar surface area (TPSA) is 12.9 Å². The maximum Gasteiger partial charge on any atom is 0.129 e. The monoisotopic (exact) mass is 209 g/mol. The predicted octanol–water partition coefficient (Wildman–Crippen LogP) is 3.77. The maximum absolute atomic E-state index is 5.70. The molecule has 0 saturated carbocycles. The summed E-state index contributed by atoms with van der Waals surface area (Å²) in [5.74, 6) is 0. The van der Waals surface area contributed by atoms with Crippen molar-refractivity contribution in [3.8, 4) is 10.4 Å². The average molecular weight is 210 g/mol. The van der Waals surface area contributed by atoms with E-state index in [1.165, 1.54) is 9.75 Å². The fourth-order valence-corrected chi connectivity index (χ4v) is 2.08. The Bertz CT molecular complexity index is 405. The third-order valence-corrected chi connectivity index (χ3v) is 3.03. The van der Waals surface area contributed by atoms with Crippen molar-refractivity contribution >= 4 is 22.9 Å². The van der Waals surface area contributed by atoms with Gasteiger partial charge in [-0.3, -0.25) is 0 Å². The first kappa shape index (κ1) is 8.73. The summed E-state index contributed by atoms with van der Waals surface area (Å²) in [5.41, 5.74) is 1.13. The Hall–Kier alpha value is -0.860. The molecule has 0 saturated heterocycles. The summed E-state index contributed by atoms with van der Waals surface area (Å²) >= 11 is 7.46. The molecule has 0 aliphatic heterocycles. The van der Waals surface area contributed by atoms with E-state index in [4.69, 9.17) is 11.6 Å². The van der Waals surface area contributed by atoms with Crippen molar-refractivity contribution in [3.05, 3.63) is 40.5 Å². The van der Waals surface area contributed by atoms with E-state index in [2.05, 4.69) is 24.0 Å². The Labute approximate surface area is 86.0 Å². The Morgan fingerprint density at radius 1 is 1.23 bits per heavy atom. The van der Waals surface area contributed by atoms with Gasteiger partial charge in [0.25, 0.3) is 0 Å². The third-order valence-electron chi connectivity index (χ3n) is 1.75. The van der Waals surface area contributed by atoms with Crippen molar-refractivity contribution < 1.29 is 0 Å². The SMILES string of the molecule is Cc1ccc(-c2ccc(Cl)nc2)s1. The zero-order valence-electron chi connectivity index (χ0n) is 7.12. The molecule has 2 aromatic heterocycles. The summed E-state index contributed by atoms with van der Waals surface area (Å²) < 4.78 is 0. The lowest BCUT2D eigenvalue weighted by molar-refractivity contribution is 1.33. The van der Waals surface area contributed by atoms with Gasteiger partial charge in [0.2, 0.25) is 0 Å². The molecule has 0 aliphatic rings. The van der Waals surface area contributed by atoms with Crippen LogP contribution in [0.25, 0.3) is 10.4 Å². The highest BCUT2D eigenvalue weighted by atomic mass is 35.5. The van der Waals surface area contributed by atoms with Crippen LogP contribution in [0.5, 0.6) is 0 Å². The lowest BCUT2D eigenvalue weighted by atomic mass is 10.2. The first-order valence-corrected chi connectivity index (χ1v) is 5.13. The molecule has 0 atom stereocenters. The second kappa shape index (κ2) is 3.48. The van der Waals surface area contributed by atoms with Crippen LogP contribution < -0.4 is 0 Å². The molecule has 0 fully saturated rings. The van der Waals surface area contributed by atoms with E-state index in [9.17, 15) is 0 Å². The largest absolute Gasteiger partial charge is 0.244 e. The number of thiophene rings is 1. The Morgan fingerprint density at radius 3 is 2.62 bits per heavy atom. The number of aromatic nitrogens is 1. The summed E-state index contributed by atoms with van der Waals surface area (Å²) in [6.45, 7) is 2.09. The minimum Gasteiger partial charge on any atom is -0.244 e. The number of hydrogen-bond acceptors (Lipinski definition) is 2. The highest BCUT2D eigenvalue weighted by Crippen LogP contribution is 2.27. The van der Waals surface area contributed by atoms with E-state index in [1.807, 2.05) is 12.1 Å². The molecular formula is C10H8ClNS. The van der Waals surface area contributed by atoms with Gasteiger partial charge in [-0.2, -0.15) is 0 Å². The highest BCUT2D eigenvalue weighted by molar-refractivity contribution is 7.15. The molecule has 0 radical (unpaired) electrons. The van der Waals surface area contributed by atoms with Crippen molar-refractivity contribution in [1.29, 1.82) is 0 Å². The maximum atomic E-state index is 5.70. The summed E-state index contributed by atoms with van der Waals surface area (Å²) in [6, 6.07) is 8.01. The summed E-state index contributed by atoms with van der Waals surface area (Å²) in [6.07, 6.45) is 1.80. The fourth-order valence-electron chi connectivity index (χ4n) is 1.11. The normalized spacial score (nSPS) is 10.3. The van der Waals surface area contributed by atoms with Gasteiger partial charge in [-0.1, -0.05) is 11.6 Å². The van der Waals surface area contributed by atoms with Gasteiger partial charge in [0.05, 0.1) is 0 Å². The van der Waals surface area contributed by atoms with Gasteiger partial charge in [-0.15, -0.1) is 11.3 Å². The molecule has 0 bridgehead atoms. The van der Waals surface area contributed by atoms with E-state index < -0.39 is 0 Å². The van der Waals surface area contributed by atoms with Crippen molar-refractivity contribution in [1.82, 2.24) is 4.98 Å². The van der Waals surface area contributed by atoms with Crippen molar-refractivity contribution in [2.24, 2.45) is 0 Å². The smallest absolute Gasteiger partial charge is 0.129 e. The fraction of sp³-hybridized carbons (Fsp3) is 0.100. The first-order chi connectivity index (χ1) is 6.25. The molecule has 3 heteroatoms. The van der Waals surface area contributed by atoms with Gasteiger partial charge in [0.1, 0.15) is 5.15 Å². The number of aryl methyl sites for hydroxylation is 1. The molecule has 13 heavy (non-hydrogen) atoms. The van der Waals surface area contributed by atoms with E-state index >= 15 is 0 Å². The third kappa shape index (κ3) is 1.90. The standard InChI is InChI=1S/C10H8ClNS/c1-7-2-4-9(13-7)8-3-5-10(11)12-6-8/h2-6H,1H3. The molecule has 0 aromatic carbocycles. The predicted molar refractivity (Wildman–Crippen MR) is 57.3 cm³/mol. The second-order valence-corrected chi connectivity index (χ2v) is 4.46. The molecule has 0 N–H and O–H groups in total. The van der Waals surface area contributed by atoms with Crippen LogP contribution in [0.2, 0.25) is 5.15 Å². The Kier molecular flexibility index (Phi) is 2.34. The summed E-state index contributed by atoms with van der Waals surface area (Å²) in [4.78, 5) is 6.58. The van der Waals surface area contributed by atoms with Crippen molar-refractivity contribution in [2.75, 3.05) is 0 Å². The number of halogens is 1. The summed E-state index contributed by atoms with van der Waals surface area (Å²) in [7, 11) is 0. The molecule has 66 valence electrons. The molecule has 0 unspecified atom stereocenters. The van der Waals surface area contributed by atoms with Gasteiger partial charge in [0, 0.05) is 21.5 Å². The highest BCUT2D eigenvalue weighted by Gasteiger charge is 2.00. The van der Waals surface area contributed by atoms with Crippen LogP contribution in [0.1, 0.15) is 4.88 Å². The number of pyridine rings is 1. The molecule has 2 heterocycles. The second-order valence-electron chi connectivity index (χ2n) is 2.78. The molecule has 2 aromatic rings. The van der Waals surface area contributed by atoms with Crippen LogP contribution in [0, 0.1) is 6.92 Å². The first-order valence-electron chi connectivity index (χ1n) is 3.94. The van der Waals surface area contributed by atoms with E-state index in [-0.39, 0.29) is 0 Å². The molecule has 0 amide bonds. The lowest BCUT2D eigenvalue weighted by Gasteiger charge is -1.95. The quantitative estimate of drug-likeness (QED) is 0.652. The minimum absolute atomic E-state index is 0.539. The molecule has 0 aliphatic carbocycles. The lowest BCUT2D eigenvalue weighted by Crippen LogP contribution is -1.75. The van der Waals surface area contributed by atoms with Gasteiger partial charge in [-0.05, 0) is 31.2 Å². The summed E-state index contributed by atoms with van der Waals surface area (Å²) in [5, 5.41) is 0.539. The molecular weight excluding hydrogens is 202 g/mol. The van der Waals surface area contributed by atoms with Crippen LogP contribution in [-0.4, -0.2) is 4.98 Å². The van der Waals surface area contributed by atoms with Crippen LogP contribution >= 0.6 is 22.9 Å². The van der Waals surface area contributed by atoms with Crippen LogP contribution in [0.4, 0.5) is 0 Å². The zero-order valence-corrected chi connectivity index (χ0v) is 8.69. The van der Waals surface area contributed by atoms with Crippen molar-refractivity contribution in [3.63, 3.8) is 0 Å². The van der Waals surface area contributed by atoms with Gasteiger partial charge in [-0.25, -0.2) is 4.98 Å². The van der Waals surface area contributed by atoms with Crippen LogP contribution in [0.15, 0.2) is 30.5 Å².